The van der Waals surface area contributed by atoms with Crippen molar-refractivity contribution in [2.45, 2.75) is 6.18 Å². The van der Waals surface area contributed by atoms with E-state index in [-0.39, 0.29) is 6.67 Å². The van der Waals surface area contributed by atoms with Crippen LogP contribution in [0, 0.1) is 0 Å². The average Bonchev–Trinajstić information content (AvgIpc) is 1.87. The molecule has 0 aromatic carbocycles. The molecule has 0 spiro atoms. The Bertz CT molecular complexity index is 111. The molecule has 0 aliphatic heterocycles. The van der Waals surface area contributed by atoms with Crippen molar-refractivity contribution in [3.8, 4) is 0 Å². The van der Waals surface area contributed by atoms with Gasteiger partial charge in [-0.1, -0.05) is 0 Å². The Morgan fingerprint density at radius 3 is 1.64 bits per heavy atom. The largest absolute Gasteiger partial charge is 0.542 e. The highest BCUT2D eigenvalue weighted by atomic mass is 19.4. The maximum Gasteiger partial charge on any atom is 0.430 e. The Morgan fingerprint density at radius 1 is 1.45 bits per heavy atom. The number of carboxylic acid groups (broad SMARTS) is 1. The van der Waals surface area contributed by atoms with E-state index < -0.39 is 12.1 Å². The highest BCUT2D eigenvalue weighted by Gasteiger charge is 2.28. The summed E-state index contributed by atoms with van der Waals surface area (Å²) in [5.74, 6) is -3.01. The number of carboxylic acids is 1. The molecule has 0 aliphatic carbocycles. The fraction of sp³-hybridized carbons (Fsp3) is 0.750. The molecule has 0 aromatic rings. The van der Waals surface area contributed by atoms with Gasteiger partial charge in [0, 0.05) is 0 Å². The lowest BCUT2D eigenvalue weighted by atomic mass is 10.7. The lowest BCUT2D eigenvalue weighted by Gasteiger charge is -2.03. The van der Waals surface area contributed by atoms with Gasteiger partial charge in [-0.15, -0.1) is 0 Å². The van der Waals surface area contributed by atoms with Crippen LogP contribution in [0.2, 0.25) is 0 Å². The van der Waals surface area contributed by atoms with Crippen LogP contribution in [0.5, 0.6) is 0 Å². The van der Waals surface area contributed by atoms with E-state index in [1.807, 2.05) is 0 Å². The molecule has 3 N–H and O–H groups in total. The fourth-order valence-corrected chi connectivity index (χ4v) is 0. The summed E-state index contributed by atoms with van der Waals surface area (Å²) in [7, 11) is 0. The van der Waals surface area contributed by atoms with Crippen LogP contribution in [-0.4, -0.2) is 25.4 Å². The summed E-state index contributed by atoms with van der Waals surface area (Å²) in [6, 6.07) is 0. The molecule has 68 valence electrons. The topological polar surface area (TPSA) is 67.8 Å². The van der Waals surface area contributed by atoms with Gasteiger partial charge in [-0.25, -0.2) is 4.39 Å². The molecular weight excluding hydrogens is 169 g/mol. The Hall–Kier alpha value is -0.850. The summed E-state index contributed by atoms with van der Waals surface area (Å²) < 4.78 is 42.2. The van der Waals surface area contributed by atoms with Gasteiger partial charge in [0.15, 0.2) is 0 Å². The normalized spacial score (nSPS) is 9.91. The zero-order valence-corrected chi connectivity index (χ0v) is 5.45. The lowest BCUT2D eigenvalue weighted by molar-refractivity contribution is -0.369. The quantitative estimate of drug-likeness (QED) is 0.494. The summed E-state index contributed by atoms with van der Waals surface area (Å²) in [4.78, 5) is 8.78. The molecule has 3 nitrogen and oxygen atoms in total. The van der Waals surface area contributed by atoms with E-state index in [2.05, 4.69) is 5.73 Å². The van der Waals surface area contributed by atoms with Gasteiger partial charge in [0.05, 0.1) is 0 Å². The monoisotopic (exact) mass is 176 g/mol. The van der Waals surface area contributed by atoms with Crippen LogP contribution in [0.25, 0.3) is 0 Å². The van der Waals surface area contributed by atoms with Crippen LogP contribution in [0.4, 0.5) is 17.6 Å². The van der Waals surface area contributed by atoms with Crippen molar-refractivity contribution in [3.05, 3.63) is 0 Å². The fourth-order valence-electron chi connectivity index (χ4n) is 0. The third-order valence-corrected chi connectivity index (χ3v) is 0.365. The second-order valence-electron chi connectivity index (χ2n) is 1.33. The number of hydrogen-bond acceptors (Lipinski definition) is 2. The van der Waals surface area contributed by atoms with Crippen LogP contribution in [-0.2, 0) is 4.79 Å². The molecule has 0 aliphatic rings. The standard InChI is InChI=1S/C2HF3O2.C2H6FN/c3-2(4,5)1(6)7;3-1-2-4/h(H,6,7);1-2,4H2/i;3-1. The van der Waals surface area contributed by atoms with Crippen LogP contribution >= 0.6 is 0 Å². The summed E-state index contributed by atoms with van der Waals surface area (Å²) in [5, 5.41) is 8.78. The molecule has 0 aromatic heterocycles. The van der Waals surface area contributed by atoms with Gasteiger partial charge in [0.1, 0.15) is 19.2 Å². The molecule has 0 amide bonds. The minimum absolute atomic E-state index is 0.292. The zero-order valence-electron chi connectivity index (χ0n) is 5.45. The van der Waals surface area contributed by atoms with Gasteiger partial charge >= 0.3 is 6.18 Å². The van der Waals surface area contributed by atoms with Crippen LogP contribution < -0.4 is 10.8 Å². The molecule has 0 bridgehead atoms. The zero-order chi connectivity index (χ0) is 9.49. The van der Waals surface area contributed by atoms with Crippen molar-refractivity contribution in [1.29, 1.82) is 0 Å². The van der Waals surface area contributed by atoms with Gasteiger partial charge in [0.25, 0.3) is 0 Å². The van der Waals surface area contributed by atoms with Crippen molar-refractivity contribution >= 4 is 5.97 Å². The molecular formula is C4H7F4NO2. The van der Waals surface area contributed by atoms with Crippen molar-refractivity contribution in [2.24, 2.45) is 0 Å². The van der Waals surface area contributed by atoms with Crippen LogP contribution in [0.15, 0.2) is 0 Å². The van der Waals surface area contributed by atoms with E-state index in [4.69, 9.17) is 9.90 Å². The summed E-state index contributed by atoms with van der Waals surface area (Å²) in [6.45, 7) is 0.111. The van der Waals surface area contributed by atoms with Gasteiger partial charge in [-0.05, 0) is 0 Å². The van der Waals surface area contributed by atoms with E-state index in [0.29, 0.717) is 6.54 Å². The molecule has 0 heterocycles. The first-order valence-electron chi connectivity index (χ1n) is 2.49. The first kappa shape index (κ1) is 12.8. The number of carbonyl (C=O) groups is 1. The highest BCUT2D eigenvalue weighted by Crippen LogP contribution is 2.11. The summed E-state index contributed by atoms with van der Waals surface area (Å²) in [5.41, 5.74) is 3.23. The Kier molecular flexibility index (Phi) is 6.86. The number of quaternary nitrogens is 1. The van der Waals surface area contributed by atoms with Crippen molar-refractivity contribution in [1.82, 2.24) is 0 Å². The Labute approximate surface area is 59.8 Å². The molecule has 0 radical (unpaired) electrons. The van der Waals surface area contributed by atoms with Crippen molar-refractivity contribution < 1.29 is 33.2 Å². The van der Waals surface area contributed by atoms with Gasteiger partial charge in [-0.3, -0.25) is 0 Å². The molecule has 0 saturated heterocycles. The number of aliphatic carboxylic acids is 1. The van der Waals surface area contributed by atoms with Crippen LogP contribution in [0.3, 0.4) is 0 Å². The predicted molar refractivity (Wildman–Crippen MR) is 24.8 cm³/mol. The van der Waals surface area contributed by atoms with E-state index in [1.54, 1.807) is 0 Å². The van der Waals surface area contributed by atoms with Gasteiger partial charge in [-0.2, -0.15) is 13.2 Å². The average molecular weight is 176 g/mol. The molecule has 0 unspecified atom stereocenters. The number of halogens is 4. The number of hydrogen-bond donors (Lipinski definition) is 1. The maximum absolute atomic E-state index is 10.7. The van der Waals surface area contributed by atoms with Gasteiger partial charge < -0.3 is 15.6 Å². The molecule has 11 heavy (non-hydrogen) atoms. The first-order chi connectivity index (χ1) is 4.86. The van der Waals surface area contributed by atoms with Crippen molar-refractivity contribution in [2.75, 3.05) is 13.2 Å². The smallest absolute Gasteiger partial charge is 0.430 e. The number of alkyl halides is 4. The van der Waals surface area contributed by atoms with E-state index in [9.17, 15) is 17.6 Å². The SMILES string of the molecule is O=C([O-])C(F)(F)F.[NH3+]CC[18F]. The van der Waals surface area contributed by atoms with E-state index >= 15 is 0 Å². The second kappa shape index (κ2) is 5.90. The minimum Gasteiger partial charge on any atom is -0.542 e. The van der Waals surface area contributed by atoms with E-state index in [0.717, 1.165) is 0 Å². The third kappa shape index (κ3) is 12.4. The summed E-state index contributed by atoms with van der Waals surface area (Å²) >= 11 is 0. The van der Waals surface area contributed by atoms with E-state index in [1.165, 1.54) is 0 Å². The summed E-state index contributed by atoms with van der Waals surface area (Å²) in [6.07, 6.45) is -5.19. The molecule has 0 rings (SSSR count). The highest BCUT2D eigenvalue weighted by molar-refractivity contribution is 5.70. The molecule has 0 fully saturated rings. The van der Waals surface area contributed by atoms with Crippen LogP contribution in [0.1, 0.15) is 0 Å². The first-order valence-corrected chi connectivity index (χ1v) is 2.49. The molecule has 7 heteroatoms. The number of carbonyl (C=O) groups excluding carboxylic acids is 1. The maximum atomic E-state index is 10.7. The molecule has 0 atom stereocenters. The Morgan fingerprint density at radius 2 is 1.64 bits per heavy atom. The predicted octanol–water partition coefficient (Wildman–Crippen LogP) is -1.50. The third-order valence-electron chi connectivity index (χ3n) is 0.365. The second-order valence-corrected chi connectivity index (χ2v) is 1.33. The Balaban J connectivity index is 0. The van der Waals surface area contributed by atoms with Gasteiger partial charge in [0.2, 0.25) is 0 Å². The minimum atomic E-state index is -5.19. The van der Waals surface area contributed by atoms with Crippen molar-refractivity contribution in [3.63, 3.8) is 0 Å². The number of rotatable bonds is 1. The lowest BCUT2D eigenvalue weighted by Crippen LogP contribution is -2.51. The molecule has 0 saturated carbocycles.